The number of benzene rings is 2. The van der Waals surface area contributed by atoms with Crippen molar-refractivity contribution in [3.63, 3.8) is 0 Å². The van der Waals surface area contributed by atoms with Crippen LogP contribution in [0.15, 0.2) is 54.7 Å². The van der Waals surface area contributed by atoms with Crippen molar-refractivity contribution in [2.45, 2.75) is 31.8 Å². The van der Waals surface area contributed by atoms with Gasteiger partial charge in [-0.25, -0.2) is 13.2 Å². The molecule has 1 heterocycles. The van der Waals surface area contributed by atoms with Crippen LogP contribution in [0.3, 0.4) is 0 Å². The summed E-state index contributed by atoms with van der Waals surface area (Å²) < 4.78 is 42.4. The Labute approximate surface area is 156 Å². The Morgan fingerprint density at radius 2 is 1.78 bits per heavy atom. The second-order valence-electron chi connectivity index (χ2n) is 6.78. The zero-order chi connectivity index (χ0) is 18.8. The van der Waals surface area contributed by atoms with Crippen LogP contribution in [0.25, 0.3) is 11.1 Å². The second kappa shape index (κ2) is 7.53. The van der Waals surface area contributed by atoms with Crippen molar-refractivity contribution in [2.24, 2.45) is 0 Å². The summed E-state index contributed by atoms with van der Waals surface area (Å²) in [5.41, 5.74) is 2.69. The average molecular weight is 368 g/mol. The van der Waals surface area contributed by atoms with Crippen LogP contribution in [0.5, 0.6) is 0 Å². The molecule has 0 aliphatic heterocycles. The summed E-state index contributed by atoms with van der Waals surface area (Å²) in [4.78, 5) is 4.47. The molecule has 1 unspecified atom stereocenters. The van der Waals surface area contributed by atoms with E-state index in [4.69, 9.17) is 0 Å². The van der Waals surface area contributed by atoms with Crippen molar-refractivity contribution < 1.29 is 13.2 Å². The van der Waals surface area contributed by atoms with Crippen LogP contribution in [0.2, 0.25) is 0 Å². The minimum atomic E-state index is -0.704. The first-order valence-electron chi connectivity index (χ1n) is 9.03. The topological polar surface area (TPSA) is 24.9 Å². The maximum absolute atomic E-state index is 14.5. The van der Waals surface area contributed by atoms with E-state index in [0.717, 1.165) is 25.0 Å². The van der Waals surface area contributed by atoms with E-state index in [1.807, 2.05) is 6.07 Å². The summed E-state index contributed by atoms with van der Waals surface area (Å²) in [6.07, 6.45) is 4.80. The third-order valence-corrected chi connectivity index (χ3v) is 5.04. The van der Waals surface area contributed by atoms with Gasteiger partial charge in [0.15, 0.2) is 0 Å². The molecule has 0 bridgehead atoms. The number of aromatic nitrogens is 1. The van der Waals surface area contributed by atoms with Crippen LogP contribution >= 0.6 is 0 Å². The highest BCUT2D eigenvalue weighted by molar-refractivity contribution is 5.65. The lowest BCUT2D eigenvalue weighted by molar-refractivity contribution is 0.442. The highest BCUT2D eigenvalue weighted by Crippen LogP contribution is 2.30. The fraction of sp³-hybridized carbons (Fsp3) is 0.227. The zero-order valence-electron chi connectivity index (χ0n) is 14.7. The fourth-order valence-corrected chi connectivity index (χ4v) is 3.66. The Kier molecular flexibility index (Phi) is 4.94. The molecule has 5 heteroatoms. The number of pyridine rings is 1. The molecule has 1 atom stereocenters. The van der Waals surface area contributed by atoms with Crippen molar-refractivity contribution >= 4 is 0 Å². The largest absolute Gasteiger partial charge is 0.304 e. The SMILES string of the molecule is Fc1cc(-c2c(F)cccc2F)ccc1CNC1CCCc2cccnc21. The van der Waals surface area contributed by atoms with Crippen molar-refractivity contribution in [2.75, 3.05) is 0 Å². The van der Waals surface area contributed by atoms with Gasteiger partial charge in [0.2, 0.25) is 0 Å². The van der Waals surface area contributed by atoms with Crippen LogP contribution in [-0.2, 0) is 13.0 Å². The van der Waals surface area contributed by atoms with Gasteiger partial charge in [0.25, 0.3) is 0 Å². The van der Waals surface area contributed by atoms with E-state index in [9.17, 15) is 13.2 Å². The summed E-state index contributed by atoms with van der Waals surface area (Å²) in [5, 5.41) is 3.37. The number of nitrogens with one attached hydrogen (secondary N) is 1. The Hall–Kier alpha value is -2.66. The Balaban J connectivity index is 1.53. The zero-order valence-corrected chi connectivity index (χ0v) is 14.7. The van der Waals surface area contributed by atoms with Crippen molar-refractivity contribution in [1.29, 1.82) is 0 Å². The number of hydrogen-bond donors (Lipinski definition) is 1. The van der Waals surface area contributed by atoms with Crippen molar-refractivity contribution in [1.82, 2.24) is 10.3 Å². The first-order valence-corrected chi connectivity index (χ1v) is 9.03. The lowest BCUT2D eigenvalue weighted by Crippen LogP contribution is -2.26. The molecule has 1 aromatic heterocycles. The molecule has 1 aliphatic carbocycles. The van der Waals surface area contributed by atoms with Gasteiger partial charge in [-0.15, -0.1) is 0 Å². The molecule has 3 aromatic rings. The lowest BCUT2D eigenvalue weighted by Gasteiger charge is -2.25. The first kappa shape index (κ1) is 17.7. The van der Waals surface area contributed by atoms with Crippen LogP contribution in [0.1, 0.15) is 35.7 Å². The van der Waals surface area contributed by atoms with E-state index >= 15 is 0 Å². The molecule has 0 spiro atoms. The van der Waals surface area contributed by atoms with Crippen LogP contribution < -0.4 is 5.32 Å². The molecule has 138 valence electrons. The van der Waals surface area contributed by atoms with Gasteiger partial charge in [0, 0.05) is 18.3 Å². The number of hydrogen-bond acceptors (Lipinski definition) is 2. The van der Waals surface area contributed by atoms with Crippen molar-refractivity contribution in [3.8, 4) is 11.1 Å². The predicted octanol–water partition coefficient (Wildman–Crippen LogP) is 5.33. The summed E-state index contributed by atoms with van der Waals surface area (Å²) >= 11 is 0. The van der Waals surface area contributed by atoms with Crippen LogP contribution in [0.4, 0.5) is 13.2 Å². The molecular formula is C22H19F3N2. The van der Waals surface area contributed by atoms with E-state index in [0.29, 0.717) is 12.1 Å². The molecule has 0 radical (unpaired) electrons. The summed E-state index contributed by atoms with van der Waals surface area (Å²) in [6, 6.07) is 12.0. The number of rotatable bonds is 4. The normalized spacial score (nSPS) is 16.2. The predicted molar refractivity (Wildman–Crippen MR) is 98.5 cm³/mol. The van der Waals surface area contributed by atoms with Crippen LogP contribution in [-0.4, -0.2) is 4.98 Å². The molecule has 0 saturated carbocycles. The van der Waals surface area contributed by atoms with Crippen molar-refractivity contribution in [3.05, 3.63) is 89.0 Å². The van der Waals surface area contributed by atoms with Gasteiger partial charge < -0.3 is 5.32 Å². The summed E-state index contributed by atoms with van der Waals surface area (Å²) in [5.74, 6) is -1.89. The van der Waals surface area contributed by atoms with E-state index in [-0.39, 0.29) is 17.2 Å². The standard InChI is InChI=1S/C22H19F3N2/c23-17-6-2-7-18(24)21(17)15-9-10-16(19(25)12-15)13-27-20-8-1-4-14-5-3-11-26-22(14)20/h2-3,5-7,9-12,20,27H,1,4,8,13H2. The lowest BCUT2D eigenvalue weighted by atomic mass is 9.92. The quantitative estimate of drug-likeness (QED) is 0.673. The first-order chi connectivity index (χ1) is 13.1. The molecule has 1 N–H and O–H groups in total. The molecule has 27 heavy (non-hydrogen) atoms. The molecular weight excluding hydrogens is 349 g/mol. The van der Waals surface area contributed by atoms with Gasteiger partial charge in [-0.05, 0) is 54.7 Å². The van der Waals surface area contributed by atoms with E-state index < -0.39 is 17.5 Å². The average Bonchev–Trinajstić information content (AvgIpc) is 2.67. The molecule has 2 aromatic carbocycles. The molecule has 0 fully saturated rings. The van der Waals surface area contributed by atoms with E-state index in [1.54, 1.807) is 18.3 Å². The fourth-order valence-electron chi connectivity index (χ4n) is 3.66. The molecule has 2 nitrogen and oxygen atoms in total. The molecule has 0 saturated heterocycles. The van der Waals surface area contributed by atoms with E-state index in [2.05, 4.69) is 16.4 Å². The highest BCUT2D eigenvalue weighted by Gasteiger charge is 2.21. The van der Waals surface area contributed by atoms with Gasteiger partial charge in [-0.3, -0.25) is 4.98 Å². The Morgan fingerprint density at radius 1 is 0.963 bits per heavy atom. The summed E-state index contributed by atoms with van der Waals surface area (Å²) in [7, 11) is 0. The van der Waals surface area contributed by atoms with Crippen LogP contribution in [0, 0.1) is 17.5 Å². The summed E-state index contributed by atoms with van der Waals surface area (Å²) in [6.45, 7) is 0.326. The van der Waals surface area contributed by atoms with Gasteiger partial charge >= 0.3 is 0 Å². The molecule has 4 rings (SSSR count). The minimum Gasteiger partial charge on any atom is -0.304 e. The third-order valence-electron chi connectivity index (χ3n) is 5.04. The van der Waals surface area contributed by atoms with Gasteiger partial charge in [0.1, 0.15) is 17.5 Å². The maximum Gasteiger partial charge on any atom is 0.133 e. The Morgan fingerprint density at radius 3 is 2.56 bits per heavy atom. The smallest absolute Gasteiger partial charge is 0.133 e. The van der Waals surface area contributed by atoms with Gasteiger partial charge in [-0.2, -0.15) is 0 Å². The maximum atomic E-state index is 14.5. The third kappa shape index (κ3) is 3.60. The van der Waals surface area contributed by atoms with E-state index in [1.165, 1.54) is 29.8 Å². The minimum absolute atomic E-state index is 0.0815. The second-order valence-corrected chi connectivity index (χ2v) is 6.78. The Bertz CT molecular complexity index is 951. The molecule has 1 aliphatic rings. The number of nitrogens with zero attached hydrogens (tertiary/aromatic N) is 1. The highest BCUT2D eigenvalue weighted by atomic mass is 19.1. The number of aryl methyl sites for hydroxylation is 1. The number of fused-ring (bicyclic) bond motifs is 1. The molecule has 0 amide bonds. The van der Waals surface area contributed by atoms with Gasteiger partial charge in [0.05, 0.1) is 17.3 Å². The monoisotopic (exact) mass is 368 g/mol. The van der Waals surface area contributed by atoms with Gasteiger partial charge in [-0.1, -0.05) is 24.3 Å². The number of halogens is 3.